The Labute approximate surface area is 435 Å². The molecule has 4 aromatic rings. The van der Waals surface area contributed by atoms with Gasteiger partial charge in [-0.3, -0.25) is 0 Å². The Bertz CT molecular complexity index is 1770. The van der Waals surface area contributed by atoms with Gasteiger partial charge in [-0.1, -0.05) is 256 Å². The zero-order chi connectivity index (χ0) is 49.6. The van der Waals surface area contributed by atoms with Gasteiger partial charge in [-0.05, 0) is 97.3 Å². The van der Waals surface area contributed by atoms with Crippen molar-refractivity contribution < 1.29 is 4.74 Å². The van der Waals surface area contributed by atoms with E-state index in [2.05, 4.69) is 101 Å². The van der Waals surface area contributed by atoms with Crippen LogP contribution < -0.4 is 0 Å². The third-order valence-electron chi connectivity index (χ3n) is 16.9. The van der Waals surface area contributed by atoms with Gasteiger partial charge in [0.05, 0.1) is 12.2 Å². The summed E-state index contributed by atoms with van der Waals surface area (Å²) in [5, 5.41) is 0. The number of unbranched alkanes of at least 4 members (excludes halogenated alkanes) is 20. The minimum absolute atomic E-state index is 0.0491. The van der Waals surface area contributed by atoms with E-state index in [0.717, 1.165) is 47.5 Å². The molecule has 2 aromatic carbocycles. The number of hydrogen-bond donors (Lipinski definition) is 0. The smallest absolute Gasteiger partial charge is 0.159 e. The Balaban J connectivity index is 1.18. The predicted molar refractivity (Wildman–Crippen MR) is 303 cm³/mol. The summed E-state index contributed by atoms with van der Waals surface area (Å²) >= 11 is 0. The van der Waals surface area contributed by atoms with Crippen LogP contribution in [0.25, 0.3) is 22.8 Å². The summed E-state index contributed by atoms with van der Waals surface area (Å²) in [5.41, 5.74) is 7.33. The molecule has 0 saturated heterocycles. The number of rotatable bonds is 36. The van der Waals surface area contributed by atoms with Crippen LogP contribution in [0.4, 0.5) is 0 Å². The van der Waals surface area contributed by atoms with Crippen molar-refractivity contribution in [3.05, 3.63) is 95.6 Å². The molecule has 2 aliphatic carbocycles. The zero-order valence-electron chi connectivity index (χ0n) is 46.0. The van der Waals surface area contributed by atoms with Crippen LogP contribution in [0.3, 0.4) is 0 Å². The normalized spacial score (nSPS) is 19.2. The summed E-state index contributed by atoms with van der Waals surface area (Å²) in [7, 11) is 0. The Morgan fingerprint density at radius 3 is 0.986 bits per heavy atom. The highest BCUT2D eigenvalue weighted by atomic mass is 16.5. The fourth-order valence-electron chi connectivity index (χ4n) is 12.2. The molecule has 0 spiro atoms. The monoisotopic (exact) mass is 967 g/mol. The number of aryl methyl sites for hydroxylation is 2. The Morgan fingerprint density at radius 2 is 0.662 bits per heavy atom. The molecule has 2 atom stereocenters. The van der Waals surface area contributed by atoms with Crippen LogP contribution in [-0.2, 0) is 17.6 Å². The maximum absolute atomic E-state index is 7.83. The van der Waals surface area contributed by atoms with Crippen molar-refractivity contribution >= 4 is 0 Å². The minimum Gasteiger partial charge on any atom is -0.365 e. The number of benzene rings is 2. The number of hydrogen-bond acceptors (Lipinski definition) is 5. The Morgan fingerprint density at radius 1 is 0.366 bits per heavy atom. The lowest BCUT2D eigenvalue weighted by Crippen LogP contribution is -2.28. The zero-order valence-corrected chi connectivity index (χ0v) is 46.0. The van der Waals surface area contributed by atoms with Crippen molar-refractivity contribution in [2.75, 3.05) is 0 Å². The summed E-state index contributed by atoms with van der Waals surface area (Å²) in [6, 6.07) is 18.5. The van der Waals surface area contributed by atoms with Crippen molar-refractivity contribution in [2.45, 2.75) is 271 Å². The first-order chi connectivity index (χ1) is 35.1. The van der Waals surface area contributed by atoms with Crippen molar-refractivity contribution in [3.8, 4) is 22.8 Å². The van der Waals surface area contributed by atoms with Gasteiger partial charge in [-0.25, -0.2) is 19.9 Å². The second-order valence-electron chi connectivity index (χ2n) is 22.8. The summed E-state index contributed by atoms with van der Waals surface area (Å²) in [4.78, 5) is 19.6. The van der Waals surface area contributed by atoms with Crippen LogP contribution in [0.2, 0.25) is 0 Å². The van der Waals surface area contributed by atoms with Crippen LogP contribution in [0.1, 0.15) is 280 Å². The molecule has 0 N–H and O–H groups in total. The summed E-state index contributed by atoms with van der Waals surface area (Å²) in [6.45, 7) is 9.23. The van der Waals surface area contributed by atoms with Crippen LogP contribution in [-0.4, -0.2) is 19.9 Å². The first kappa shape index (κ1) is 56.8. The first-order valence-corrected chi connectivity index (χ1v) is 30.6. The standard InChI is InChI=1S/C66H102N4O/c1-5-9-13-17-19-23-27-31-55-49-67-65(68-50-55)61-45-41-59(42-46-61)63(57-37-33-53(34-38-57)29-25-21-15-11-7-3)71-64(58-39-35-54(36-40-58)30-26-22-16-12-8-4)60-43-47-62(48-44-60)66-69-51-56(52-70-66)32-28-24-20-18-14-10-6-2/h41-54,57-58,63-64H,5-40H2,1-4H3. The van der Waals surface area contributed by atoms with Crippen molar-refractivity contribution in [1.29, 1.82) is 0 Å². The van der Waals surface area contributed by atoms with Gasteiger partial charge in [0, 0.05) is 35.9 Å². The average Bonchev–Trinajstić information content (AvgIpc) is 3.42. The molecule has 0 bridgehead atoms. The number of ether oxygens (including phenoxy) is 1. The SMILES string of the molecule is CCCCCCCCCc1cnc(-c2ccc(C(OC(c3ccc(-c4ncc(CCCCCCCCC)cn4)cc3)C3CCC(CCCCCCC)CC3)C3CCC(CCCCCCC)CC3)cc2)nc1. The van der Waals surface area contributed by atoms with Gasteiger partial charge in [0.15, 0.2) is 11.6 Å². The highest BCUT2D eigenvalue weighted by Crippen LogP contribution is 2.47. The van der Waals surface area contributed by atoms with Gasteiger partial charge in [-0.2, -0.15) is 0 Å². The fourth-order valence-corrected chi connectivity index (χ4v) is 12.2. The van der Waals surface area contributed by atoms with E-state index >= 15 is 0 Å². The molecule has 6 rings (SSSR count). The van der Waals surface area contributed by atoms with Gasteiger partial charge in [0.2, 0.25) is 0 Å². The Kier molecular flexibility index (Phi) is 27.3. The molecule has 2 aliphatic rings. The maximum atomic E-state index is 7.83. The van der Waals surface area contributed by atoms with E-state index in [1.807, 2.05) is 0 Å². The largest absolute Gasteiger partial charge is 0.365 e. The van der Waals surface area contributed by atoms with E-state index in [4.69, 9.17) is 24.7 Å². The van der Waals surface area contributed by atoms with Crippen LogP contribution in [0.15, 0.2) is 73.3 Å². The van der Waals surface area contributed by atoms with Gasteiger partial charge in [-0.15, -0.1) is 0 Å². The third-order valence-corrected chi connectivity index (χ3v) is 16.9. The average molecular weight is 968 g/mol. The van der Waals surface area contributed by atoms with Crippen LogP contribution in [0, 0.1) is 23.7 Å². The summed E-state index contributed by atoms with van der Waals surface area (Å²) in [6.07, 6.45) is 55.9. The third kappa shape index (κ3) is 20.4. The highest BCUT2D eigenvalue weighted by Gasteiger charge is 2.36. The Hall–Kier alpha value is -3.44. The predicted octanol–water partition coefficient (Wildman–Crippen LogP) is 20.3. The summed E-state index contributed by atoms with van der Waals surface area (Å²) in [5.74, 6) is 4.38. The minimum atomic E-state index is 0.0491. The second kappa shape index (κ2) is 34.1. The quantitative estimate of drug-likeness (QED) is 0.0425. The highest BCUT2D eigenvalue weighted by molar-refractivity contribution is 5.56. The molecule has 2 fully saturated rings. The van der Waals surface area contributed by atoms with Crippen LogP contribution in [0.5, 0.6) is 0 Å². The maximum Gasteiger partial charge on any atom is 0.159 e. The van der Waals surface area contributed by atoms with Gasteiger partial charge in [0.1, 0.15) is 0 Å². The van der Waals surface area contributed by atoms with E-state index in [9.17, 15) is 0 Å². The molecule has 2 unspecified atom stereocenters. The van der Waals surface area contributed by atoms with E-state index in [1.165, 1.54) is 241 Å². The van der Waals surface area contributed by atoms with Gasteiger partial charge in [0.25, 0.3) is 0 Å². The molecule has 2 heterocycles. The lowest BCUT2D eigenvalue weighted by atomic mass is 9.74. The van der Waals surface area contributed by atoms with E-state index < -0.39 is 0 Å². The lowest BCUT2D eigenvalue weighted by molar-refractivity contribution is -0.0907. The molecular formula is C66H102N4O. The van der Waals surface area contributed by atoms with E-state index in [-0.39, 0.29) is 12.2 Å². The fraction of sp³-hybridized carbons (Fsp3) is 0.697. The van der Waals surface area contributed by atoms with E-state index in [1.54, 1.807) is 0 Å². The van der Waals surface area contributed by atoms with Crippen molar-refractivity contribution in [2.24, 2.45) is 23.7 Å². The van der Waals surface area contributed by atoms with Crippen molar-refractivity contribution in [3.63, 3.8) is 0 Å². The molecule has 392 valence electrons. The first-order valence-electron chi connectivity index (χ1n) is 30.6. The summed E-state index contributed by atoms with van der Waals surface area (Å²) < 4.78 is 7.83. The molecule has 5 heteroatoms. The van der Waals surface area contributed by atoms with Crippen LogP contribution >= 0.6 is 0 Å². The van der Waals surface area contributed by atoms with Crippen molar-refractivity contribution in [1.82, 2.24) is 19.9 Å². The van der Waals surface area contributed by atoms with Gasteiger partial charge < -0.3 is 4.74 Å². The molecule has 5 nitrogen and oxygen atoms in total. The molecule has 0 amide bonds. The molecule has 2 aromatic heterocycles. The van der Waals surface area contributed by atoms with Gasteiger partial charge >= 0.3 is 0 Å². The molecule has 0 aliphatic heterocycles. The molecule has 71 heavy (non-hydrogen) atoms. The number of nitrogens with zero attached hydrogens (tertiary/aromatic N) is 4. The number of aromatic nitrogens is 4. The topological polar surface area (TPSA) is 60.8 Å². The molecule has 2 saturated carbocycles. The molecule has 0 radical (unpaired) electrons. The lowest BCUT2D eigenvalue weighted by Gasteiger charge is -2.40. The van der Waals surface area contributed by atoms with E-state index in [0.29, 0.717) is 11.8 Å². The molecular weight excluding hydrogens is 865 g/mol. The second-order valence-corrected chi connectivity index (χ2v) is 22.8.